The van der Waals surface area contributed by atoms with Crippen LogP contribution in [0.2, 0.25) is 0 Å². The maximum absolute atomic E-state index is 13.3. The number of thiazole rings is 1. The monoisotopic (exact) mass is 915 g/mol. The van der Waals surface area contributed by atoms with E-state index >= 15 is 0 Å². The Morgan fingerprint density at radius 1 is 0.758 bits per heavy atom. The molecule has 4 aromatic carbocycles. The van der Waals surface area contributed by atoms with E-state index in [0.29, 0.717) is 68.4 Å². The molecule has 1 fully saturated rings. The summed E-state index contributed by atoms with van der Waals surface area (Å²) in [6.45, 7) is 7.10. The van der Waals surface area contributed by atoms with Crippen molar-refractivity contribution in [3.63, 3.8) is 0 Å². The highest BCUT2D eigenvalue weighted by atomic mass is 32.1. The molecule has 1 aromatic heterocycles. The molecule has 2 N–H and O–H groups in total. The molecule has 66 heavy (non-hydrogen) atoms. The average molecular weight is 916 g/mol. The molecule has 1 saturated heterocycles. The lowest BCUT2D eigenvalue weighted by Crippen LogP contribution is -2.54. The number of piperidine rings is 1. The molecule has 17 heteroatoms. The Morgan fingerprint density at radius 3 is 2.18 bits per heavy atom. The predicted octanol–water partition coefficient (Wildman–Crippen LogP) is 5.72. The SMILES string of the molecule is Cc1ccccc1C(=O)N1CCc2cc(-c3nc(NC(=O)Cc4cccc(OCCOCCOCCOCCOc5ccc6c(c5)C(=O)N(C5CCC(=O)NC5=O)C6=O)c4)sc3C)ccc21. The fraction of sp³-hybridized carbons (Fsp3) is 0.327. The van der Waals surface area contributed by atoms with Crippen LogP contribution >= 0.6 is 11.3 Å². The maximum atomic E-state index is 13.3. The molecule has 16 nitrogen and oxygen atoms in total. The van der Waals surface area contributed by atoms with Crippen LogP contribution < -0.4 is 25.0 Å². The lowest BCUT2D eigenvalue weighted by Gasteiger charge is -2.27. The molecule has 4 heterocycles. The highest BCUT2D eigenvalue weighted by molar-refractivity contribution is 7.16. The second kappa shape index (κ2) is 21.0. The minimum Gasteiger partial charge on any atom is -0.491 e. The molecule has 1 atom stereocenters. The standard InChI is InChI=1S/C49H49N5O11S/c1-30-6-3-4-9-37(30)46(58)53-17-16-33-28-34(10-13-40(33)53)44-31(2)66-49(52-44)51-43(56)27-32-7-5-8-35(26-32)64-24-22-62-20-18-61-19-21-63-23-25-65-36-11-12-38-39(29-36)48(60)54(47(38)59)41-14-15-42(55)50-45(41)57/h3-13,26,28-29,41H,14-25,27H2,1-2H3,(H,50,55,57)(H,51,52,56). The first-order valence-electron chi connectivity index (χ1n) is 21.8. The van der Waals surface area contributed by atoms with Crippen LogP contribution in [-0.2, 0) is 41.4 Å². The van der Waals surface area contributed by atoms with Crippen LogP contribution in [0.1, 0.15) is 65.5 Å². The van der Waals surface area contributed by atoms with Gasteiger partial charge >= 0.3 is 0 Å². The van der Waals surface area contributed by atoms with Gasteiger partial charge in [-0.25, -0.2) is 4.98 Å². The summed E-state index contributed by atoms with van der Waals surface area (Å²) in [6.07, 6.45) is 1.04. The number of rotatable bonds is 20. The summed E-state index contributed by atoms with van der Waals surface area (Å²) in [7, 11) is 0. The molecule has 3 aliphatic rings. The van der Waals surface area contributed by atoms with Crippen LogP contribution in [0.25, 0.3) is 11.3 Å². The number of imide groups is 2. The summed E-state index contributed by atoms with van der Waals surface area (Å²) in [4.78, 5) is 84.6. The normalized spacial score (nSPS) is 15.5. The van der Waals surface area contributed by atoms with E-state index in [-0.39, 0.29) is 55.4 Å². The first-order valence-corrected chi connectivity index (χ1v) is 22.6. The van der Waals surface area contributed by atoms with Gasteiger partial charge in [0.1, 0.15) is 30.8 Å². The summed E-state index contributed by atoms with van der Waals surface area (Å²) in [5, 5.41) is 5.66. The number of ether oxygens (including phenoxy) is 5. The van der Waals surface area contributed by atoms with E-state index in [0.717, 1.165) is 49.8 Å². The fourth-order valence-electron chi connectivity index (χ4n) is 8.05. The van der Waals surface area contributed by atoms with Crippen molar-refractivity contribution < 1.29 is 52.5 Å². The van der Waals surface area contributed by atoms with E-state index in [9.17, 15) is 28.8 Å². The second-order valence-corrected chi connectivity index (χ2v) is 17.1. The van der Waals surface area contributed by atoms with Gasteiger partial charge in [0.05, 0.1) is 62.9 Å². The number of carbonyl (C=O) groups excluding carboxylic acids is 6. The summed E-state index contributed by atoms with van der Waals surface area (Å²) in [5.74, 6) is -1.44. The van der Waals surface area contributed by atoms with E-state index in [1.807, 2.05) is 79.4 Å². The zero-order chi connectivity index (χ0) is 46.2. The Morgan fingerprint density at radius 2 is 1.45 bits per heavy atom. The number of amides is 6. The van der Waals surface area contributed by atoms with Crippen molar-refractivity contribution in [3.05, 3.63) is 123 Å². The van der Waals surface area contributed by atoms with Gasteiger partial charge in [0.25, 0.3) is 17.7 Å². The van der Waals surface area contributed by atoms with Gasteiger partial charge in [-0.1, -0.05) is 36.4 Å². The third kappa shape index (κ3) is 10.7. The van der Waals surface area contributed by atoms with E-state index in [1.54, 1.807) is 6.07 Å². The maximum Gasteiger partial charge on any atom is 0.262 e. The van der Waals surface area contributed by atoms with Crippen LogP contribution in [0.5, 0.6) is 11.5 Å². The average Bonchev–Trinajstić information content (AvgIpc) is 3.97. The van der Waals surface area contributed by atoms with Gasteiger partial charge in [-0.3, -0.25) is 39.0 Å². The number of nitrogens with one attached hydrogen (secondary N) is 2. The van der Waals surface area contributed by atoms with Gasteiger partial charge in [-0.05, 0) is 91.9 Å². The van der Waals surface area contributed by atoms with Gasteiger partial charge in [-0.2, -0.15) is 0 Å². The van der Waals surface area contributed by atoms with E-state index < -0.39 is 29.7 Å². The molecule has 0 spiro atoms. The van der Waals surface area contributed by atoms with Gasteiger partial charge in [0.2, 0.25) is 17.7 Å². The smallest absolute Gasteiger partial charge is 0.262 e. The molecular weight excluding hydrogens is 867 g/mol. The second-order valence-electron chi connectivity index (χ2n) is 15.9. The van der Waals surface area contributed by atoms with Gasteiger partial charge in [0.15, 0.2) is 5.13 Å². The summed E-state index contributed by atoms with van der Waals surface area (Å²) in [6, 6.07) is 24.6. The first-order chi connectivity index (χ1) is 32.0. The quantitative estimate of drug-likeness (QED) is 0.0715. The number of hydrogen-bond acceptors (Lipinski definition) is 13. The van der Waals surface area contributed by atoms with Gasteiger partial charge in [0, 0.05) is 34.7 Å². The molecule has 0 aliphatic carbocycles. The van der Waals surface area contributed by atoms with Gasteiger partial charge in [-0.15, -0.1) is 11.3 Å². The molecule has 8 rings (SSSR count). The number of aromatic nitrogens is 1. The highest BCUT2D eigenvalue weighted by Crippen LogP contribution is 2.37. The number of fused-ring (bicyclic) bond motifs is 2. The number of carbonyl (C=O) groups is 6. The minimum absolute atomic E-state index is 0.00402. The zero-order valence-corrected chi connectivity index (χ0v) is 37.4. The molecule has 0 bridgehead atoms. The Labute approximate surface area is 385 Å². The zero-order valence-electron chi connectivity index (χ0n) is 36.6. The van der Waals surface area contributed by atoms with Crippen LogP contribution in [0, 0.1) is 13.8 Å². The predicted molar refractivity (Wildman–Crippen MR) is 244 cm³/mol. The van der Waals surface area contributed by atoms with Crippen LogP contribution in [0.15, 0.2) is 84.9 Å². The number of benzene rings is 4. The molecule has 0 radical (unpaired) electrons. The van der Waals surface area contributed by atoms with Crippen LogP contribution in [0.3, 0.4) is 0 Å². The molecule has 1 unspecified atom stereocenters. The molecule has 0 saturated carbocycles. The van der Waals surface area contributed by atoms with Gasteiger partial charge < -0.3 is 33.9 Å². The highest BCUT2D eigenvalue weighted by Gasteiger charge is 2.44. The lowest BCUT2D eigenvalue weighted by molar-refractivity contribution is -0.136. The molecular formula is C49H49N5O11S. The topological polar surface area (TPSA) is 192 Å². The van der Waals surface area contributed by atoms with Crippen molar-refractivity contribution in [2.75, 3.05) is 69.6 Å². The molecule has 342 valence electrons. The largest absolute Gasteiger partial charge is 0.491 e. The van der Waals surface area contributed by atoms with Crippen LogP contribution in [0.4, 0.5) is 10.8 Å². The third-order valence-electron chi connectivity index (χ3n) is 11.3. The summed E-state index contributed by atoms with van der Waals surface area (Å²) in [5.41, 5.74) is 6.54. The van der Waals surface area contributed by atoms with Crippen LogP contribution in [-0.4, -0.2) is 111 Å². The molecule has 6 amide bonds. The molecule has 5 aromatic rings. The lowest BCUT2D eigenvalue weighted by atomic mass is 10.0. The van der Waals surface area contributed by atoms with E-state index in [2.05, 4.69) is 16.7 Å². The molecule has 3 aliphatic heterocycles. The van der Waals surface area contributed by atoms with E-state index in [1.165, 1.54) is 23.5 Å². The minimum atomic E-state index is -1.03. The Kier molecular flexibility index (Phi) is 14.6. The Hall–Kier alpha value is -6.79. The van der Waals surface area contributed by atoms with Crippen molar-refractivity contribution in [1.29, 1.82) is 0 Å². The third-order valence-corrected chi connectivity index (χ3v) is 12.2. The van der Waals surface area contributed by atoms with Crippen molar-refractivity contribution in [2.24, 2.45) is 0 Å². The number of nitrogens with zero attached hydrogens (tertiary/aromatic N) is 3. The van der Waals surface area contributed by atoms with E-state index in [4.69, 9.17) is 28.7 Å². The number of hydrogen-bond donors (Lipinski definition) is 2. The van der Waals surface area contributed by atoms with Crippen molar-refractivity contribution in [3.8, 4) is 22.8 Å². The first kappa shape index (κ1) is 45.8. The number of anilines is 2. The number of aryl methyl sites for hydroxylation is 2. The van der Waals surface area contributed by atoms with Crippen molar-refractivity contribution >= 4 is 57.6 Å². The fourth-order valence-corrected chi connectivity index (χ4v) is 8.90. The van der Waals surface area contributed by atoms with Crippen molar-refractivity contribution in [1.82, 2.24) is 15.2 Å². The summed E-state index contributed by atoms with van der Waals surface area (Å²) < 4.78 is 28.3. The Bertz CT molecular complexity index is 2670. The Balaban J connectivity index is 0.681. The van der Waals surface area contributed by atoms with Crippen molar-refractivity contribution in [2.45, 2.75) is 45.6 Å². The summed E-state index contributed by atoms with van der Waals surface area (Å²) >= 11 is 1.42.